The van der Waals surface area contributed by atoms with Crippen molar-refractivity contribution >= 4 is 0 Å². The van der Waals surface area contributed by atoms with Crippen molar-refractivity contribution < 1.29 is 18.3 Å². The van der Waals surface area contributed by atoms with Crippen molar-refractivity contribution in [3.05, 3.63) is 0 Å². The summed E-state index contributed by atoms with van der Waals surface area (Å²) in [5, 5.41) is 2.70. The molecule has 0 rings (SSSR count). The van der Waals surface area contributed by atoms with Crippen LogP contribution in [0.5, 0.6) is 0 Å². The highest BCUT2D eigenvalue weighted by Crippen LogP contribution is 2.16. The van der Waals surface area contributed by atoms with Gasteiger partial charge in [0.2, 0.25) is 0 Å². The maximum Gasteiger partial charge on any atom is 0.260 e. The molecule has 0 aromatic carbocycles. The van der Waals surface area contributed by atoms with E-state index in [0.29, 0.717) is 39.5 Å². The molecule has 0 aliphatic carbocycles. The Morgan fingerprint density at radius 1 is 1.18 bits per heavy atom. The lowest BCUT2D eigenvalue weighted by atomic mass is 10.2. The Bertz CT molecular complexity index is 177. The predicted octanol–water partition coefficient (Wildman–Crippen LogP) is 1.00. The van der Waals surface area contributed by atoms with Gasteiger partial charge in [0.1, 0.15) is 0 Å². The summed E-state index contributed by atoms with van der Waals surface area (Å²) in [4.78, 5) is 0. The van der Waals surface area contributed by atoms with E-state index >= 15 is 0 Å². The molecule has 0 amide bonds. The van der Waals surface area contributed by atoms with Crippen LogP contribution in [-0.4, -0.2) is 51.5 Å². The normalized spacial score (nSPS) is 13.9. The molecule has 0 fully saturated rings. The number of alkyl halides is 2. The van der Waals surface area contributed by atoms with Gasteiger partial charge in [0.15, 0.2) is 0 Å². The second-order valence-electron chi connectivity index (χ2n) is 4.00. The molecule has 0 saturated heterocycles. The minimum absolute atomic E-state index is 0.403. The quantitative estimate of drug-likeness (QED) is 0.540. The van der Waals surface area contributed by atoms with E-state index in [-0.39, 0.29) is 0 Å². The molecule has 104 valence electrons. The highest BCUT2D eigenvalue weighted by atomic mass is 19.3. The standard InChI is InChI=1S/C11H24F2N2O2/c1-10(11(2,12)13)15-5-7-17-9-8-16-6-3-4-14/h10,15H,3-9,14H2,1-2H3. The average molecular weight is 254 g/mol. The van der Waals surface area contributed by atoms with Crippen LogP contribution in [0.3, 0.4) is 0 Å². The highest BCUT2D eigenvalue weighted by molar-refractivity contribution is 4.73. The number of hydrogen-bond acceptors (Lipinski definition) is 4. The van der Waals surface area contributed by atoms with E-state index in [1.165, 1.54) is 6.92 Å². The Hall–Kier alpha value is -0.300. The van der Waals surface area contributed by atoms with Gasteiger partial charge < -0.3 is 20.5 Å². The van der Waals surface area contributed by atoms with E-state index in [2.05, 4.69) is 5.32 Å². The zero-order chi connectivity index (χ0) is 13.1. The van der Waals surface area contributed by atoms with Crippen molar-refractivity contribution in [2.75, 3.05) is 39.5 Å². The van der Waals surface area contributed by atoms with Crippen molar-refractivity contribution in [2.45, 2.75) is 32.2 Å². The largest absolute Gasteiger partial charge is 0.379 e. The summed E-state index contributed by atoms with van der Waals surface area (Å²) >= 11 is 0. The molecule has 0 saturated carbocycles. The third kappa shape index (κ3) is 10.6. The van der Waals surface area contributed by atoms with Crippen LogP contribution in [0, 0.1) is 0 Å². The van der Waals surface area contributed by atoms with E-state index in [1.807, 2.05) is 0 Å². The molecule has 6 heteroatoms. The number of ether oxygens (including phenoxy) is 2. The van der Waals surface area contributed by atoms with Crippen molar-refractivity contribution in [1.82, 2.24) is 5.32 Å². The van der Waals surface area contributed by atoms with E-state index in [1.54, 1.807) is 0 Å². The molecule has 0 heterocycles. The third-order valence-corrected chi connectivity index (χ3v) is 2.32. The summed E-state index contributed by atoms with van der Waals surface area (Å²) in [6.45, 7) is 5.41. The molecule has 0 aliphatic heterocycles. The number of rotatable bonds is 11. The molecule has 0 aliphatic rings. The minimum Gasteiger partial charge on any atom is -0.379 e. The first kappa shape index (κ1) is 16.7. The summed E-state index contributed by atoms with van der Waals surface area (Å²) in [7, 11) is 0. The van der Waals surface area contributed by atoms with E-state index in [4.69, 9.17) is 15.2 Å². The summed E-state index contributed by atoms with van der Waals surface area (Å²) in [5.74, 6) is -2.70. The van der Waals surface area contributed by atoms with Crippen molar-refractivity contribution in [1.29, 1.82) is 0 Å². The number of halogens is 2. The summed E-state index contributed by atoms with van der Waals surface area (Å²) in [6.07, 6.45) is 0.838. The topological polar surface area (TPSA) is 56.5 Å². The fraction of sp³-hybridized carbons (Fsp3) is 1.00. The highest BCUT2D eigenvalue weighted by Gasteiger charge is 2.29. The lowest BCUT2D eigenvalue weighted by Gasteiger charge is -2.20. The molecular weight excluding hydrogens is 230 g/mol. The van der Waals surface area contributed by atoms with Crippen molar-refractivity contribution in [3.8, 4) is 0 Å². The first-order chi connectivity index (χ1) is 7.98. The monoisotopic (exact) mass is 254 g/mol. The first-order valence-corrected chi connectivity index (χ1v) is 5.95. The Morgan fingerprint density at radius 3 is 2.29 bits per heavy atom. The third-order valence-electron chi connectivity index (χ3n) is 2.32. The van der Waals surface area contributed by atoms with Gasteiger partial charge in [-0.2, -0.15) is 0 Å². The molecule has 17 heavy (non-hydrogen) atoms. The maximum absolute atomic E-state index is 12.7. The number of nitrogens with one attached hydrogen (secondary N) is 1. The van der Waals surface area contributed by atoms with E-state index < -0.39 is 12.0 Å². The summed E-state index contributed by atoms with van der Waals surface area (Å²) < 4.78 is 35.9. The summed E-state index contributed by atoms with van der Waals surface area (Å²) in [6, 6.07) is -0.841. The van der Waals surface area contributed by atoms with Gasteiger partial charge >= 0.3 is 0 Å². The number of nitrogens with two attached hydrogens (primary N) is 1. The molecule has 3 N–H and O–H groups in total. The summed E-state index contributed by atoms with van der Waals surface area (Å²) in [5.41, 5.74) is 5.29. The predicted molar refractivity (Wildman–Crippen MR) is 63.4 cm³/mol. The van der Waals surface area contributed by atoms with Crippen LogP contribution in [-0.2, 0) is 9.47 Å². The second-order valence-corrected chi connectivity index (χ2v) is 4.00. The van der Waals surface area contributed by atoms with Crippen molar-refractivity contribution in [2.24, 2.45) is 5.73 Å². The molecular formula is C11H24F2N2O2. The van der Waals surface area contributed by atoms with Crippen LogP contribution < -0.4 is 11.1 Å². The Labute approximate surface area is 102 Å². The second kappa shape index (κ2) is 9.70. The minimum atomic E-state index is -2.70. The van der Waals surface area contributed by atoms with Gasteiger partial charge in [0, 0.05) is 20.1 Å². The molecule has 0 spiro atoms. The molecule has 0 aromatic rings. The Kier molecular flexibility index (Phi) is 9.53. The van der Waals surface area contributed by atoms with Gasteiger partial charge in [0.05, 0.1) is 25.9 Å². The Morgan fingerprint density at radius 2 is 1.76 bits per heavy atom. The zero-order valence-corrected chi connectivity index (χ0v) is 10.7. The lowest BCUT2D eigenvalue weighted by molar-refractivity contribution is -0.0154. The van der Waals surface area contributed by atoms with E-state index in [9.17, 15) is 8.78 Å². The van der Waals surface area contributed by atoms with Crippen LogP contribution in [0.2, 0.25) is 0 Å². The van der Waals surface area contributed by atoms with Gasteiger partial charge in [-0.05, 0) is 19.9 Å². The van der Waals surface area contributed by atoms with Crippen LogP contribution >= 0.6 is 0 Å². The number of hydrogen-bond donors (Lipinski definition) is 2. The Balaban J connectivity index is 3.19. The first-order valence-electron chi connectivity index (χ1n) is 5.95. The van der Waals surface area contributed by atoms with E-state index in [0.717, 1.165) is 13.3 Å². The lowest BCUT2D eigenvalue weighted by Crippen LogP contribution is -2.42. The van der Waals surface area contributed by atoms with Crippen LogP contribution in [0.4, 0.5) is 8.78 Å². The van der Waals surface area contributed by atoms with Gasteiger partial charge in [-0.3, -0.25) is 0 Å². The van der Waals surface area contributed by atoms with Gasteiger partial charge in [-0.25, -0.2) is 8.78 Å². The SMILES string of the molecule is CC(NCCOCCOCCCN)C(C)(F)F. The molecule has 1 atom stereocenters. The van der Waals surface area contributed by atoms with Gasteiger partial charge in [0.25, 0.3) is 5.92 Å². The smallest absolute Gasteiger partial charge is 0.260 e. The van der Waals surface area contributed by atoms with Gasteiger partial charge in [-0.1, -0.05) is 0 Å². The van der Waals surface area contributed by atoms with Crippen molar-refractivity contribution in [3.63, 3.8) is 0 Å². The van der Waals surface area contributed by atoms with Gasteiger partial charge in [-0.15, -0.1) is 0 Å². The molecule has 0 aromatic heterocycles. The average Bonchev–Trinajstić information content (AvgIpc) is 2.25. The molecule has 0 radical (unpaired) electrons. The molecule has 4 nitrogen and oxygen atoms in total. The molecule has 1 unspecified atom stereocenters. The fourth-order valence-electron chi connectivity index (χ4n) is 1.03. The van der Waals surface area contributed by atoms with Crippen LogP contribution in [0.15, 0.2) is 0 Å². The van der Waals surface area contributed by atoms with Crippen LogP contribution in [0.25, 0.3) is 0 Å². The maximum atomic E-state index is 12.7. The fourth-order valence-corrected chi connectivity index (χ4v) is 1.03. The molecule has 0 bridgehead atoms. The zero-order valence-electron chi connectivity index (χ0n) is 10.7. The van der Waals surface area contributed by atoms with Crippen LogP contribution in [0.1, 0.15) is 20.3 Å².